The summed E-state index contributed by atoms with van der Waals surface area (Å²) >= 11 is 0. The third-order valence-electron chi connectivity index (χ3n) is 4.31. The largest absolute Gasteiger partial charge is 0.305 e. The Morgan fingerprint density at radius 2 is 2.04 bits per heavy atom. The van der Waals surface area contributed by atoms with E-state index in [1.54, 1.807) is 6.07 Å². The fourth-order valence-electron chi connectivity index (χ4n) is 2.78. The van der Waals surface area contributed by atoms with E-state index in [4.69, 9.17) is 0 Å². The summed E-state index contributed by atoms with van der Waals surface area (Å²) in [4.78, 5) is 12.8. The summed E-state index contributed by atoms with van der Waals surface area (Å²) in [6.45, 7) is 2.02. The van der Waals surface area contributed by atoms with Crippen molar-refractivity contribution >= 4 is 16.7 Å². The molecule has 0 amide bonds. The molecule has 0 radical (unpaired) electrons. The zero-order valence-corrected chi connectivity index (χ0v) is 15.0. The highest BCUT2D eigenvalue weighted by molar-refractivity contribution is 5.88. The van der Waals surface area contributed by atoms with Crippen molar-refractivity contribution in [2.24, 2.45) is 7.05 Å². The first kappa shape index (κ1) is 17.0. The number of nitrogens with one attached hydrogen (secondary N) is 2. The fraction of sp³-hybridized carbons (Fsp3) is 0.158. The van der Waals surface area contributed by atoms with Gasteiger partial charge >= 0.3 is 0 Å². The number of aromatic nitrogens is 5. The highest BCUT2D eigenvalue weighted by Crippen LogP contribution is 2.20. The Morgan fingerprint density at radius 1 is 1.15 bits per heavy atom. The van der Waals surface area contributed by atoms with Crippen LogP contribution in [0.4, 0.5) is 10.2 Å². The van der Waals surface area contributed by atoms with Crippen molar-refractivity contribution in [3.63, 3.8) is 0 Å². The summed E-state index contributed by atoms with van der Waals surface area (Å²) in [7, 11) is 1.97. The maximum atomic E-state index is 13.4. The number of fused-ring (bicyclic) bond motifs is 1. The lowest BCUT2D eigenvalue weighted by atomic mass is 10.1. The minimum atomic E-state index is -0.323. The number of hydrogen-bond acceptors (Lipinski definition) is 5. The fourth-order valence-corrected chi connectivity index (χ4v) is 2.78. The minimum Gasteiger partial charge on any atom is -0.305 e. The lowest BCUT2D eigenvalue weighted by molar-refractivity contribution is -0.670. The first-order valence-corrected chi connectivity index (χ1v) is 8.51. The van der Waals surface area contributed by atoms with Crippen LogP contribution in [0.25, 0.3) is 16.7 Å². The summed E-state index contributed by atoms with van der Waals surface area (Å²) in [5.74, 6) is 1.12. The van der Waals surface area contributed by atoms with Crippen LogP contribution in [0.1, 0.15) is 18.5 Å². The molecule has 0 saturated heterocycles. The van der Waals surface area contributed by atoms with Crippen LogP contribution in [0.15, 0.2) is 61.6 Å². The maximum Gasteiger partial charge on any atom is 0.250 e. The van der Waals surface area contributed by atoms with E-state index < -0.39 is 0 Å². The smallest absolute Gasteiger partial charge is 0.250 e. The Labute approximate surface area is 155 Å². The topological polar surface area (TPSA) is 71.5 Å². The molecular formula is C19H19FN7+. The van der Waals surface area contributed by atoms with E-state index in [-0.39, 0.29) is 11.9 Å². The van der Waals surface area contributed by atoms with Gasteiger partial charge in [0.05, 0.1) is 12.6 Å². The maximum absolute atomic E-state index is 13.4. The van der Waals surface area contributed by atoms with Gasteiger partial charge < -0.3 is 5.43 Å². The molecule has 1 unspecified atom stereocenters. The number of rotatable bonds is 5. The minimum absolute atomic E-state index is 0.0159. The number of aryl methyl sites for hydroxylation is 1. The SMILES string of the molecule is CC(NNc1ncnc2cc(F)ccc12)c1ccc(-n2cc[n+](C)c2)nc1. The number of benzene rings is 1. The second-order valence-electron chi connectivity index (χ2n) is 6.31. The Bertz CT molecular complexity index is 1080. The third-order valence-corrected chi connectivity index (χ3v) is 4.31. The number of hydrazine groups is 1. The number of imidazole rings is 1. The summed E-state index contributed by atoms with van der Waals surface area (Å²) < 4.78 is 17.3. The van der Waals surface area contributed by atoms with Crippen molar-refractivity contribution in [2.75, 3.05) is 5.43 Å². The summed E-state index contributed by atoms with van der Waals surface area (Å²) in [6.07, 6.45) is 9.11. The van der Waals surface area contributed by atoms with Crippen LogP contribution < -0.4 is 15.4 Å². The van der Waals surface area contributed by atoms with Gasteiger partial charge in [0, 0.05) is 29.8 Å². The summed E-state index contributed by atoms with van der Waals surface area (Å²) in [6, 6.07) is 8.41. The zero-order chi connectivity index (χ0) is 18.8. The quantitative estimate of drug-likeness (QED) is 0.420. The van der Waals surface area contributed by atoms with E-state index in [9.17, 15) is 4.39 Å². The van der Waals surface area contributed by atoms with Crippen LogP contribution in [0.2, 0.25) is 0 Å². The van der Waals surface area contributed by atoms with Crippen LogP contribution in [0.5, 0.6) is 0 Å². The summed E-state index contributed by atoms with van der Waals surface area (Å²) in [5, 5.41) is 0.743. The molecule has 8 heteroatoms. The van der Waals surface area contributed by atoms with E-state index in [1.165, 1.54) is 18.5 Å². The molecule has 1 aromatic carbocycles. The average molecular weight is 364 g/mol. The Morgan fingerprint density at radius 3 is 2.78 bits per heavy atom. The average Bonchev–Trinajstić information content (AvgIpc) is 3.12. The molecule has 4 rings (SSSR count). The van der Waals surface area contributed by atoms with E-state index in [1.807, 2.05) is 60.2 Å². The normalized spacial score (nSPS) is 12.3. The molecule has 2 N–H and O–H groups in total. The van der Waals surface area contributed by atoms with Crippen LogP contribution in [0, 0.1) is 5.82 Å². The Hall–Kier alpha value is -3.39. The Balaban J connectivity index is 1.47. The van der Waals surface area contributed by atoms with Crippen molar-refractivity contribution in [1.29, 1.82) is 0 Å². The first-order chi connectivity index (χ1) is 13.1. The van der Waals surface area contributed by atoms with Gasteiger partial charge in [-0.1, -0.05) is 0 Å². The summed E-state index contributed by atoms with van der Waals surface area (Å²) in [5.41, 5.74) is 7.86. The van der Waals surface area contributed by atoms with Crippen molar-refractivity contribution < 1.29 is 8.96 Å². The van der Waals surface area contributed by atoms with Crippen LogP contribution in [-0.2, 0) is 7.05 Å². The van der Waals surface area contributed by atoms with E-state index in [0.717, 1.165) is 16.8 Å². The van der Waals surface area contributed by atoms with Crippen molar-refractivity contribution in [3.05, 3.63) is 73.0 Å². The zero-order valence-electron chi connectivity index (χ0n) is 15.0. The molecule has 0 aliphatic carbocycles. The molecule has 0 aliphatic heterocycles. The molecule has 3 aromatic heterocycles. The lowest BCUT2D eigenvalue weighted by Gasteiger charge is -2.16. The van der Waals surface area contributed by atoms with Crippen molar-refractivity contribution in [2.45, 2.75) is 13.0 Å². The Kier molecular flexibility index (Phi) is 4.47. The van der Waals surface area contributed by atoms with Gasteiger partial charge in [0.15, 0.2) is 5.82 Å². The predicted molar refractivity (Wildman–Crippen MR) is 99.4 cm³/mol. The molecule has 0 aliphatic rings. The van der Waals surface area contributed by atoms with Crippen molar-refractivity contribution in [1.82, 2.24) is 24.9 Å². The monoisotopic (exact) mass is 364 g/mol. The van der Waals surface area contributed by atoms with E-state index >= 15 is 0 Å². The van der Waals surface area contributed by atoms with Gasteiger partial charge in [-0.05, 0) is 30.7 Å². The molecule has 7 nitrogen and oxygen atoms in total. The van der Waals surface area contributed by atoms with Gasteiger partial charge in [-0.25, -0.2) is 29.3 Å². The van der Waals surface area contributed by atoms with Gasteiger partial charge in [-0.15, -0.1) is 0 Å². The predicted octanol–water partition coefficient (Wildman–Crippen LogP) is 2.46. The molecule has 3 heterocycles. The third kappa shape index (κ3) is 3.61. The van der Waals surface area contributed by atoms with Gasteiger partial charge in [0.2, 0.25) is 12.1 Å². The van der Waals surface area contributed by atoms with Gasteiger partial charge in [-0.2, -0.15) is 4.57 Å². The highest BCUT2D eigenvalue weighted by Gasteiger charge is 2.10. The van der Waals surface area contributed by atoms with Crippen LogP contribution in [0.3, 0.4) is 0 Å². The molecule has 0 spiro atoms. The number of hydrogen-bond donors (Lipinski definition) is 2. The van der Waals surface area contributed by atoms with E-state index in [0.29, 0.717) is 11.3 Å². The number of nitrogens with zero attached hydrogens (tertiary/aromatic N) is 5. The number of anilines is 1. The van der Waals surface area contributed by atoms with Gasteiger partial charge in [0.25, 0.3) is 0 Å². The first-order valence-electron chi connectivity index (χ1n) is 8.51. The number of halogens is 1. The molecular weight excluding hydrogens is 345 g/mol. The van der Waals surface area contributed by atoms with Crippen LogP contribution >= 0.6 is 0 Å². The molecule has 4 aromatic rings. The van der Waals surface area contributed by atoms with E-state index in [2.05, 4.69) is 25.8 Å². The molecule has 1 atom stereocenters. The molecule has 27 heavy (non-hydrogen) atoms. The van der Waals surface area contributed by atoms with Crippen LogP contribution in [-0.4, -0.2) is 19.5 Å². The highest BCUT2D eigenvalue weighted by atomic mass is 19.1. The molecule has 0 bridgehead atoms. The van der Waals surface area contributed by atoms with Crippen molar-refractivity contribution in [3.8, 4) is 5.82 Å². The second-order valence-corrected chi connectivity index (χ2v) is 6.31. The standard InChI is InChI=1S/C19H19FN7/c1-13(14-3-6-18(21-10-14)27-8-7-26(2)12-27)24-25-19-16-5-4-15(20)9-17(16)22-11-23-19/h3-13,24H,1-2H3,(H,22,23,25)/q+1. The second kappa shape index (κ2) is 7.08. The molecule has 0 fully saturated rings. The molecule has 0 saturated carbocycles. The number of pyridine rings is 1. The van der Waals surface area contributed by atoms with Gasteiger partial charge in [-0.3, -0.25) is 0 Å². The molecule has 136 valence electrons. The van der Waals surface area contributed by atoms with Gasteiger partial charge in [0.1, 0.15) is 24.5 Å². The lowest BCUT2D eigenvalue weighted by Crippen LogP contribution is -2.26.